The van der Waals surface area contributed by atoms with E-state index in [4.69, 9.17) is 4.74 Å². The van der Waals surface area contributed by atoms with E-state index in [0.29, 0.717) is 18.7 Å². The molecule has 1 saturated heterocycles. The van der Waals surface area contributed by atoms with Crippen molar-refractivity contribution in [3.05, 3.63) is 52.6 Å². The van der Waals surface area contributed by atoms with Crippen molar-refractivity contribution in [3.8, 4) is 11.3 Å². The second-order valence-corrected chi connectivity index (χ2v) is 6.25. The van der Waals surface area contributed by atoms with Gasteiger partial charge in [0.1, 0.15) is 6.54 Å². The molecule has 1 aliphatic heterocycles. The molecule has 0 bridgehead atoms. The zero-order valence-corrected chi connectivity index (χ0v) is 14.3. The van der Waals surface area contributed by atoms with Crippen LogP contribution in [0.4, 0.5) is 13.2 Å². The summed E-state index contributed by atoms with van der Waals surface area (Å²) < 4.78 is 44.4. The third-order valence-electron chi connectivity index (χ3n) is 4.25. The Morgan fingerprint density at radius 1 is 1.30 bits per heavy atom. The van der Waals surface area contributed by atoms with E-state index in [0.717, 1.165) is 29.5 Å². The molecule has 27 heavy (non-hydrogen) atoms. The summed E-state index contributed by atoms with van der Waals surface area (Å²) in [6.45, 7) is 0.895. The molecule has 1 amide bonds. The number of ether oxygens (including phenoxy) is 1. The highest BCUT2D eigenvalue weighted by molar-refractivity contribution is 5.75. The van der Waals surface area contributed by atoms with E-state index in [9.17, 15) is 22.8 Å². The summed E-state index contributed by atoms with van der Waals surface area (Å²) >= 11 is 0. The SMILES string of the molecule is O=C(Cn1cnc(-c2ccc(C(F)(F)F)cc2)cc1=O)NCC1CCCO1. The van der Waals surface area contributed by atoms with Crippen molar-refractivity contribution >= 4 is 5.91 Å². The van der Waals surface area contributed by atoms with Gasteiger partial charge in [-0.2, -0.15) is 13.2 Å². The van der Waals surface area contributed by atoms with Crippen molar-refractivity contribution in [2.45, 2.75) is 31.7 Å². The molecule has 1 aromatic heterocycles. The first kappa shape index (κ1) is 19.1. The maximum absolute atomic E-state index is 12.6. The summed E-state index contributed by atoms with van der Waals surface area (Å²) in [5.74, 6) is -0.336. The van der Waals surface area contributed by atoms with Gasteiger partial charge < -0.3 is 10.1 Å². The molecule has 2 aromatic rings. The number of nitrogens with zero attached hydrogens (tertiary/aromatic N) is 2. The lowest BCUT2D eigenvalue weighted by atomic mass is 10.1. The maximum Gasteiger partial charge on any atom is 0.416 e. The number of carbonyl (C=O) groups is 1. The second kappa shape index (κ2) is 7.91. The van der Waals surface area contributed by atoms with Gasteiger partial charge in [-0.05, 0) is 25.0 Å². The Labute approximate surface area is 153 Å². The lowest BCUT2D eigenvalue weighted by Gasteiger charge is -2.11. The maximum atomic E-state index is 12.6. The summed E-state index contributed by atoms with van der Waals surface area (Å²) in [5.41, 5.74) is -0.616. The van der Waals surface area contributed by atoms with Crippen LogP contribution in [0.1, 0.15) is 18.4 Å². The van der Waals surface area contributed by atoms with Crippen LogP contribution in [0.3, 0.4) is 0 Å². The molecule has 0 saturated carbocycles. The van der Waals surface area contributed by atoms with Crippen LogP contribution in [0.5, 0.6) is 0 Å². The molecule has 0 spiro atoms. The van der Waals surface area contributed by atoms with Crippen LogP contribution >= 0.6 is 0 Å². The number of hydrogen-bond donors (Lipinski definition) is 1. The number of hydrogen-bond acceptors (Lipinski definition) is 4. The van der Waals surface area contributed by atoms with E-state index in [1.807, 2.05) is 0 Å². The average molecular weight is 381 g/mol. The molecule has 1 atom stereocenters. The fourth-order valence-corrected chi connectivity index (χ4v) is 2.78. The standard InChI is InChI=1S/C18H18F3N3O3/c19-18(20,21)13-5-3-12(4-6-13)15-8-17(26)24(11-23-15)10-16(25)22-9-14-2-1-7-27-14/h3-6,8,11,14H,1-2,7,9-10H2,(H,22,25). The predicted molar refractivity (Wildman–Crippen MR) is 90.9 cm³/mol. The van der Waals surface area contributed by atoms with E-state index >= 15 is 0 Å². The molecule has 6 nitrogen and oxygen atoms in total. The Kier molecular flexibility index (Phi) is 5.59. The molecule has 1 unspecified atom stereocenters. The quantitative estimate of drug-likeness (QED) is 0.862. The van der Waals surface area contributed by atoms with Crippen LogP contribution in [-0.2, 0) is 22.3 Å². The molecule has 1 aromatic carbocycles. The normalized spacial score (nSPS) is 17.1. The predicted octanol–water partition coefficient (Wildman–Crippen LogP) is 2.22. The summed E-state index contributed by atoms with van der Waals surface area (Å²) in [7, 11) is 0. The van der Waals surface area contributed by atoms with Crippen molar-refractivity contribution in [1.82, 2.24) is 14.9 Å². The Balaban J connectivity index is 1.64. The van der Waals surface area contributed by atoms with E-state index in [1.54, 1.807) is 0 Å². The minimum absolute atomic E-state index is 0.00541. The van der Waals surface area contributed by atoms with Crippen LogP contribution in [-0.4, -0.2) is 34.7 Å². The van der Waals surface area contributed by atoms with Crippen LogP contribution in [0.15, 0.2) is 41.5 Å². The molecule has 2 heterocycles. The molecule has 144 valence electrons. The largest absolute Gasteiger partial charge is 0.416 e. The summed E-state index contributed by atoms with van der Waals surface area (Å²) in [6, 6.07) is 5.56. The average Bonchev–Trinajstić information content (AvgIpc) is 3.15. The summed E-state index contributed by atoms with van der Waals surface area (Å²) in [5, 5.41) is 2.71. The van der Waals surface area contributed by atoms with Crippen molar-refractivity contribution in [3.63, 3.8) is 0 Å². The second-order valence-electron chi connectivity index (χ2n) is 6.25. The Morgan fingerprint density at radius 3 is 2.63 bits per heavy atom. The van der Waals surface area contributed by atoms with Gasteiger partial charge in [0.05, 0.1) is 23.7 Å². The van der Waals surface area contributed by atoms with Gasteiger partial charge >= 0.3 is 6.18 Å². The molecule has 0 radical (unpaired) electrons. The topological polar surface area (TPSA) is 73.2 Å². The zero-order chi connectivity index (χ0) is 19.4. The third kappa shape index (κ3) is 4.94. The van der Waals surface area contributed by atoms with Gasteiger partial charge in [-0.3, -0.25) is 14.2 Å². The monoisotopic (exact) mass is 381 g/mol. The fraction of sp³-hybridized carbons (Fsp3) is 0.389. The van der Waals surface area contributed by atoms with Crippen molar-refractivity contribution in [2.75, 3.05) is 13.2 Å². The number of carbonyl (C=O) groups excluding carboxylic acids is 1. The zero-order valence-electron chi connectivity index (χ0n) is 14.3. The van der Waals surface area contributed by atoms with E-state index in [-0.39, 0.29) is 24.2 Å². The van der Waals surface area contributed by atoms with Crippen LogP contribution in [0.2, 0.25) is 0 Å². The Hall–Kier alpha value is -2.68. The molecule has 0 aliphatic carbocycles. The smallest absolute Gasteiger partial charge is 0.376 e. The van der Waals surface area contributed by atoms with Crippen molar-refractivity contribution in [2.24, 2.45) is 0 Å². The molecular weight excluding hydrogens is 363 g/mol. The number of alkyl halides is 3. The highest BCUT2D eigenvalue weighted by atomic mass is 19.4. The number of rotatable bonds is 5. The molecule has 1 fully saturated rings. The van der Waals surface area contributed by atoms with E-state index < -0.39 is 17.3 Å². The van der Waals surface area contributed by atoms with E-state index in [2.05, 4.69) is 10.3 Å². The minimum atomic E-state index is -4.42. The number of amides is 1. The van der Waals surface area contributed by atoms with Gasteiger partial charge in [0.25, 0.3) is 5.56 Å². The van der Waals surface area contributed by atoms with Gasteiger partial charge in [0.15, 0.2) is 0 Å². The molecule has 1 aliphatic rings. The van der Waals surface area contributed by atoms with Crippen LogP contribution in [0, 0.1) is 0 Å². The highest BCUT2D eigenvalue weighted by Crippen LogP contribution is 2.30. The van der Waals surface area contributed by atoms with Crippen LogP contribution < -0.4 is 10.9 Å². The first-order valence-corrected chi connectivity index (χ1v) is 8.45. The lowest BCUT2D eigenvalue weighted by Crippen LogP contribution is -2.36. The molecular formula is C18H18F3N3O3. The number of nitrogens with one attached hydrogen (secondary N) is 1. The van der Waals surface area contributed by atoms with Gasteiger partial charge in [0, 0.05) is 24.8 Å². The number of aromatic nitrogens is 2. The Morgan fingerprint density at radius 2 is 2.04 bits per heavy atom. The van der Waals surface area contributed by atoms with Crippen molar-refractivity contribution in [1.29, 1.82) is 0 Å². The molecule has 1 N–H and O–H groups in total. The minimum Gasteiger partial charge on any atom is -0.376 e. The molecule has 9 heteroatoms. The highest BCUT2D eigenvalue weighted by Gasteiger charge is 2.30. The van der Waals surface area contributed by atoms with Gasteiger partial charge in [-0.15, -0.1) is 0 Å². The first-order chi connectivity index (χ1) is 12.8. The molecule has 3 rings (SSSR count). The van der Waals surface area contributed by atoms with E-state index in [1.165, 1.54) is 24.5 Å². The van der Waals surface area contributed by atoms with Gasteiger partial charge in [-0.1, -0.05) is 12.1 Å². The Bertz CT molecular complexity index is 857. The fourth-order valence-electron chi connectivity index (χ4n) is 2.78. The third-order valence-corrected chi connectivity index (χ3v) is 4.25. The summed E-state index contributed by atoms with van der Waals surface area (Å²) in [4.78, 5) is 28.2. The van der Waals surface area contributed by atoms with Gasteiger partial charge in [-0.25, -0.2) is 4.98 Å². The summed E-state index contributed by atoms with van der Waals surface area (Å²) in [6.07, 6.45) is -1.35. The number of benzene rings is 1. The van der Waals surface area contributed by atoms with Gasteiger partial charge in [0.2, 0.25) is 5.91 Å². The number of halogens is 3. The van der Waals surface area contributed by atoms with Crippen molar-refractivity contribution < 1.29 is 22.7 Å². The van der Waals surface area contributed by atoms with Crippen LogP contribution in [0.25, 0.3) is 11.3 Å². The first-order valence-electron chi connectivity index (χ1n) is 8.45. The lowest BCUT2D eigenvalue weighted by molar-refractivity contribution is -0.137.